The number of aryl methyl sites for hydroxylation is 1. The maximum absolute atomic E-state index is 13.6. The number of carbonyl (C=O) groups excluding carboxylic acids is 1. The van der Waals surface area contributed by atoms with Crippen molar-refractivity contribution in [2.24, 2.45) is 0 Å². The van der Waals surface area contributed by atoms with Crippen molar-refractivity contribution in [1.82, 2.24) is 5.32 Å². The zero-order valence-corrected chi connectivity index (χ0v) is 14.7. The van der Waals surface area contributed by atoms with Gasteiger partial charge in [-0.1, -0.05) is 6.92 Å². The Bertz CT molecular complexity index is 688. The number of nitrogens with one attached hydrogen (secondary N) is 2. The third kappa shape index (κ3) is 4.19. The maximum atomic E-state index is 13.6. The lowest BCUT2D eigenvalue weighted by Crippen LogP contribution is -2.24. The first-order valence-corrected chi connectivity index (χ1v) is 8.20. The van der Waals surface area contributed by atoms with E-state index in [9.17, 15) is 9.18 Å². The van der Waals surface area contributed by atoms with Crippen LogP contribution in [0.5, 0.6) is 0 Å². The summed E-state index contributed by atoms with van der Waals surface area (Å²) in [7, 11) is 0. The average Bonchev–Trinajstić information content (AvgIpc) is 2.48. The van der Waals surface area contributed by atoms with Gasteiger partial charge in [0.05, 0.1) is 11.3 Å². The molecule has 0 fully saturated rings. The van der Waals surface area contributed by atoms with Crippen molar-refractivity contribution >= 4 is 39.9 Å². The van der Waals surface area contributed by atoms with Crippen molar-refractivity contribution in [3.63, 3.8) is 0 Å². The lowest BCUT2D eigenvalue weighted by molar-refractivity contribution is 0.0954. The molecule has 0 radical (unpaired) electrons. The summed E-state index contributed by atoms with van der Waals surface area (Å²) in [5.74, 6) is -0.578. The Hall–Kier alpha value is -1.63. The van der Waals surface area contributed by atoms with E-state index in [1.54, 1.807) is 0 Å². The molecule has 0 bridgehead atoms. The summed E-state index contributed by atoms with van der Waals surface area (Å²) in [6, 6.07) is 10.1. The van der Waals surface area contributed by atoms with Crippen LogP contribution in [0.25, 0.3) is 0 Å². The molecule has 0 unspecified atom stereocenters. The monoisotopic (exact) mass is 412 g/mol. The second-order valence-corrected chi connectivity index (χ2v) is 6.28. The Balaban J connectivity index is 2.32. The molecule has 3 nitrogen and oxygen atoms in total. The molecule has 1 amide bonds. The first-order valence-electron chi connectivity index (χ1n) is 7.12. The summed E-state index contributed by atoms with van der Waals surface area (Å²) in [6.45, 7) is 4.55. The van der Waals surface area contributed by atoms with Crippen LogP contribution >= 0.6 is 22.6 Å². The van der Waals surface area contributed by atoms with Gasteiger partial charge in [-0.25, -0.2) is 4.39 Å². The molecule has 0 spiro atoms. The van der Waals surface area contributed by atoms with Gasteiger partial charge >= 0.3 is 0 Å². The highest BCUT2D eigenvalue weighted by Crippen LogP contribution is 2.25. The molecule has 0 saturated heterocycles. The van der Waals surface area contributed by atoms with E-state index in [0.29, 0.717) is 17.8 Å². The van der Waals surface area contributed by atoms with Gasteiger partial charge in [0, 0.05) is 15.8 Å². The van der Waals surface area contributed by atoms with E-state index < -0.39 is 0 Å². The van der Waals surface area contributed by atoms with Crippen molar-refractivity contribution in [3.8, 4) is 0 Å². The summed E-state index contributed by atoms with van der Waals surface area (Å²) >= 11 is 2.24. The predicted molar refractivity (Wildman–Crippen MR) is 96.2 cm³/mol. The summed E-state index contributed by atoms with van der Waals surface area (Å²) in [5.41, 5.74) is 2.80. The molecule has 22 heavy (non-hydrogen) atoms. The van der Waals surface area contributed by atoms with Crippen molar-refractivity contribution in [1.29, 1.82) is 0 Å². The highest BCUT2D eigenvalue weighted by molar-refractivity contribution is 14.1. The molecule has 0 saturated carbocycles. The molecule has 0 aliphatic heterocycles. The largest absolute Gasteiger partial charge is 0.355 e. The number of anilines is 2. The minimum absolute atomic E-state index is 0.201. The van der Waals surface area contributed by atoms with Crippen LogP contribution in [0.2, 0.25) is 0 Å². The third-order valence-corrected chi connectivity index (χ3v) is 3.89. The van der Waals surface area contributed by atoms with E-state index in [0.717, 1.165) is 21.2 Å². The average molecular weight is 412 g/mol. The molecule has 0 atom stereocenters. The lowest BCUT2D eigenvalue weighted by Gasteiger charge is -2.14. The number of carbonyl (C=O) groups is 1. The molecule has 0 aliphatic carbocycles. The van der Waals surface area contributed by atoms with Crippen LogP contribution in [0.3, 0.4) is 0 Å². The van der Waals surface area contributed by atoms with Gasteiger partial charge in [0.2, 0.25) is 0 Å². The molecule has 2 N–H and O–H groups in total. The fraction of sp³-hybridized carbons (Fsp3) is 0.235. The maximum Gasteiger partial charge on any atom is 0.253 e. The number of amides is 1. The van der Waals surface area contributed by atoms with Crippen LogP contribution < -0.4 is 10.6 Å². The molecular weight excluding hydrogens is 394 g/mol. The summed E-state index contributed by atoms with van der Waals surface area (Å²) in [4.78, 5) is 12.2. The van der Waals surface area contributed by atoms with Crippen LogP contribution in [-0.2, 0) is 0 Å². The minimum Gasteiger partial charge on any atom is -0.355 e. The highest BCUT2D eigenvalue weighted by Gasteiger charge is 2.13. The molecule has 0 aromatic heterocycles. The smallest absolute Gasteiger partial charge is 0.253 e. The Kier molecular flexibility index (Phi) is 5.76. The van der Waals surface area contributed by atoms with Crippen LogP contribution in [0.4, 0.5) is 15.8 Å². The quantitative estimate of drug-likeness (QED) is 0.704. The van der Waals surface area contributed by atoms with Crippen molar-refractivity contribution < 1.29 is 9.18 Å². The number of rotatable bonds is 5. The zero-order valence-electron chi connectivity index (χ0n) is 12.5. The number of halogens is 2. The van der Waals surface area contributed by atoms with Gasteiger partial charge in [-0.05, 0) is 77.9 Å². The summed E-state index contributed by atoms with van der Waals surface area (Å²) in [5, 5.41) is 5.98. The lowest BCUT2D eigenvalue weighted by atomic mass is 10.1. The van der Waals surface area contributed by atoms with E-state index in [2.05, 4.69) is 33.2 Å². The number of hydrogen-bond acceptors (Lipinski definition) is 2. The van der Waals surface area contributed by atoms with Crippen LogP contribution in [0.15, 0.2) is 36.4 Å². The van der Waals surface area contributed by atoms with Crippen LogP contribution in [0, 0.1) is 16.3 Å². The number of benzene rings is 2. The van der Waals surface area contributed by atoms with E-state index >= 15 is 0 Å². The predicted octanol–water partition coefficient (Wildman–Crippen LogP) is 4.62. The second kappa shape index (κ2) is 7.58. The van der Waals surface area contributed by atoms with E-state index in [1.165, 1.54) is 18.2 Å². The first kappa shape index (κ1) is 16.7. The Labute approximate surface area is 143 Å². The van der Waals surface area contributed by atoms with Gasteiger partial charge in [-0.3, -0.25) is 4.79 Å². The van der Waals surface area contributed by atoms with Gasteiger partial charge < -0.3 is 10.6 Å². The van der Waals surface area contributed by atoms with Crippen molar-refractivity contribution in [2.45, 2.75) is 20.3 Å². The van der Waals surface area contributed by atoms with Gasteiger partial charge in [0.15, 0.2) is 0 Å². The van der Waals surface area contributed by atoms with Gasteiger partial charge in [0.25, 0.3) is 5.91 Å². The molecule has 5 heteroatoms. The summed E-state index contributed by atoms with van der Waals surface area (Å²) in [6.07, 6.45) is 0.853. The van der Waals surface area contributed by atoms with Gasteiger partial charge in [-0.2, -0.15) is 0 Å². The Morgan fingerprint density at radius 1 is 1.18 bits per heavy atom. The van der Waals surface area contributed by atoms with E-state index in [4.69, 9.17) is 0 Å². The SMILES string of the molecule is CCCNC(=O)c1ccc(F)cc1Nc1ccc(I)cc1C. The molecule has 0 heterocycles. The van der Waals surface area contributed by atoms with Crippen molar-refractivity contribution in [2.75, 3.05) is 11.9 Å². The first-order chi connectivity index (χ1) is 10.5. The van der Waals surface area contributed by atoms with Crippen molar-refractivity contribution in [3.05, 3.63) is 56.9 Å². The number of hydrogen-bond donors (Lipinski definition) is 2. The van der Waals surface area contributed by atoms with Gasteiger partial charge in [0.1, 0.15) is 5.82 Å². The molecule has 2 rings (SSSR count). The summed E-state index contributed by atoms with van der Waals surface area (Å²) < 4.78 is 14.7. The fourth-order valence-corrected chi connectivity index (χ4v) is 2.71. The fourth-order valence-electron chi connectivity index (χ4n) is 2.06. The van der Waals surface area contributed by atoms with Crippen LogP contribution in [0.1, 0.15) is 29.3 Å². The highest BCUT2D eigenvalue weighted by atomic mass is 127. The second-order valence-electron chi connectivity index (χ2n) is 5.03. The molecule has 116 valence electrons. The Morgan fingerprint density at radius 2 is 1.95 bits per heavy atom. The topological polar surface area (TPSA) is 41.1 Å². The minimum atomic E-state index is -0.377. The zero-order chi connectivity index (χ0) is 16.1. The van der Waals surface area contributed by atoms with E-state index in [-0.39, 0.29) is 11.7 Å². The standard InChI is InChI=1S/C17H18FIN2O/c1-3-8-20-17(22)14-6-4-12(18)10-16(14)21-15-7-5-13(19)9-11(15)2/h4-7,9-10,21H,3,8H2,1-2H3,(H,20,22). The third-order valence-electron chi connectivity index (χ3n) is 3.22. The molecular formula is C17H18FIN2O. The van der Waals surface area contributed by atoms with E-state index in [1.807, 2.05) is 32.0 Å². The molecule has 2 aromatic carbocycles. The normalized spacial score (nSPS) is 10.4. The van der Waals surface area contributed by atoms with Crippen LogP contribution in [-0.4, -0.2) is 12.5 Å². The Morgan fingerprint density at radius 3 is 2.64 bits per heavy atom. The molecule has 2 aromatic rings. The molecule has 0 aliphatic rings. The van der Waals surface area contributed by atoms with Gasteiger partial charge in [-0.15, -0.1) is 0 Å².